The van der Waals surface area contributed by atoms with E-state index in [1.54, 1.807) is 30.3 Å². The van der Waals surface area contributed by atoms with Gasteiger partial charge in [0.15, 0.2) is 5.69 Å². The van der Waals surface area contributed by atoms with Crippen LogP contribution in [-0.2, 0) is 4.74 Å². The first-order valence-electron chi connectivity index (χ1n) is 5.96. The van der Waals surface area contributed by atoms with Crippen molar-refractivity contribution in [3.05, 3.63) is 57.5 Å². The molecule has 108 valence electrons. The predicted molar refractivity (Wildman–Crippen MR) is 70.2 cm³/mol. The maximum Gasteiger partial charge on any atom is 1.00 e. The van der Waals surface area contributed by atoms with Crippen LogP contribution in [-0.4, -0.2) is 28.8 Å². The maximum atomic E-state index is 12.0. The summed E-state index contributed by atoms with van der Waals surface area (Å²) in [5.41, 5.74) is -1.56. The number of esters is 1. The number of nitrogens with zero attached hydrogens (tertiary/aromatic N) is 2. The van der Waals surface area contributed by atoms with E-state index in [0.29, 0.717) is 5.69 Å². The molecule has 0 unspecified atom stereocenters. The van der Waals surface area contributed by atoms with Gasteiger partial charge in [-0.2, -0.15) is 5.10 Å². The van der Waals surface area contributed by atoms with Crippen LogP contribution in [0.2, 0.25) is 0 Å². The van der Waals surface area contributed by atoms with Crippen LogP contribution in [0.25, 0.3) is 5.69 Å². The molecule has 0 saturated heterocycles. The number of rotatable bonds is 3. The van der Waals surface area contributed by atoms with Crippen LogP contribution in [0.3, 0.4) is 0 Å². The van der Waals surface area contributed by atoms with Crippen LogP contribution in [0.4, 0.5) is 0 Å². The van der Waals surface area contributed by atoms with Crippen LogP contribution < -0.4 is 40.1 Å². The van der Waals surface area contributed by atoms with Crippen molar-refractivity contribution in [2.75, 3.05) is 7.11 Å². The van der Waals surface area contributed by atoms with Gasteiger partial charge < -0.3 is 14.6 Å². The number of aromatic carboxylic acids is 1. The molecule has 0 amide bonds. The number of hydrogen-bond acceptors (Lipinski definition) is 6. The second-order valence-electron chi connectivity index (χ2n) is 4.16. The van der Waals surface area contributed by atoms with Gasteiger partial charge in [0.25, 0.3) is 0 Å². The van der Waals surface area contributed by atoms with E-state index in [2.05, 4.69) is 9.84 Å². The molecule has 22 heavy (non-hydrogen) atoms. The fourth-order valence-corrected chi connectivity index (χ4v) is 1.91. The number of ether oxygens (including phenoxy) is 1. The molecule has 0 spiro atoms. The molecule has 1 aromatic carbocycles. The number of hydrogen-bond donors (Lipinski definition) is 0. The molecule has 0 aliphatic heterocycles. The van der Waals surface area contributed by atoms with E-state index in [1.165, 1.54) is 11.6 Å². The van der Waals surface area contributed by atoms with Crippen LogP contribution in [0, 0.1) is 6.92 Å². The summed E-state index contributed by atoms with van der Waals surface area (Å²) >= 11 is 0. The zero-order chi connectivity index (χ0) is 15.6. The second kappa shape index (κ2) is 7.35. The molecule has 0 aliphatic carbocycles. The summed E-state index contributed by atoms with van der Waals surface area (Å²) in [4.78, 5) is 34.8. The van der Waals surface area contributed by atoms with Crippen LogP contribution in [0.5, 0.6) is 0 Å². The van der Waals surface area contributed by atoms with Gasteiger partial charge in [0.05, 0.1) is 24.5 Å². The van der Waals surface area contributed by atoms with Crippen molar-refractivity contribution in [3.8, 4) is 5.69 Å². The molecule has 0 fully saturated rings. The maximum absolute atomic E-state index is 12.0. The molecule has 1 aromatic heterocycles. The molecule has 1 heterocycles. The van der Waals surface area contributed by atoms with Crippen molar-refractivity contribution in [3.63, 3.8) is 0 Å². The molecule has 0 N–H and O–H groups in total. The Hall–Kier alpha value is -1.96. The van der Waals surface area contributed by atoms with Gasteiger partial charge in [-0.3, -0.25) is 4.79 Å². The Morgan fingerprint density at radius 2 is 1.82 bits per heavy atom. The number of para-hydroxylation sites is 1. The fraction of sp³-hybridized carbons (Fsp3) is 0.143. The molecule has 0 aliphatic rings. The van der Waals surface area contributed by atoms with Gasteiger partial charge in [-0.1, -0.05) is 18.2 Å². The average Bonchev–Trinajstić information content (AvgIpc) is 2.47. The minimum atomic E-state index is -1.75. The van der Waals surface area contributed by atoms with E-state index < -0.39 is 23.1 Å². The summed E-state index contributed by atoms with van der Waals surface area (Å²) in [5.74, 6) is -2.68. The van der Waals surface area contributed by atoms with Gasteiger partial charge in [-0.15, -0.1) is 0 Å². The minimum Gasteiger partial charge on any atom is -0.543 e. The smallest absolute Gasteiger partial charge is 0.543 e. The van der Waals surface area contributed by atoms with Gasteiger partial charge in [0.1, 0.15) is 5.56 Å². The van der Waals surface area contributed by atoms with Crippen molar-refractivity contribution in [1.29, 1.82) is 0 Å². The van der Waals surface area contributed by atoms with Crippen LogP contribution >= 0.6 is 0 Å². The zero-order valence-electron chi connectivity index (χ0n) is 12.3. The summed E-state index contributed by atoms with van der Waals surface area (Å²) in [6.07, 6.45) is 0. The van der Waals surface area contributed by atoms with Crippen molar-refractivity contribution in [1.82, 2.24) is 9.78 Å². The standard InChI is InChI=1S/C14H12N2O5.Na/c1-8-10(14(20)21-2)12(17)11(13(18)19)15-16(8)9-6-4-3-5-7-9;/h3-7H,1-2H3,(H,18,19);/q;+1/p-1. The SMILES string of the molecule is COC(=O)c1c(C)n(-c2ccccc2)nc(C(=O)[O-])c1=O.[Na+]. The van der Waals surface area contributed by atoms with Gasteiger partial charge in [0.2, 0.25) is 5.43 Å². The first kappa shape index (κ1) is 18.1. The number of benzene rings is 1. The number of aromatic nitrogens is 2. The van der Waals surface area contributed by atoms with Crippen molar-refractivity contribution >= 4 is 11.9 Å². The quantitative estimate of drug-likeness (QED) is 0.435. The Kier molecular flexibility index (Phi) is 6.04. The summed E-state index contributed by atoms with van der Waals surface area (Å²) < 4.78 is 5.72. The molecule has 0 atom stereocenters. The molecule has 2 rings (SSSR count). The fourth-order valence-electron chi connectivity index (χ4n) is 1.91. The Bertz CT molecular complexity index is 771. The van der Waals surface area contributed by atoms with Crippen molar-refractivity contribution < 1.29 is 49.0 Å². The second-order valence-corrected chi connectivity index (χ2v) is 4.16. The number of methoxy groups -OCH3 is 1. The first-order chi connectivity index (χ1) is 9.97. The zero-order valence-corrected chi connectivity index (χ0v) is 14.3. The van der Waals surface area contributed by atoms with Gasteiger partial charge in [0, 0.05) is 0 Å². The van der Waals surface area contributed by atoms with Crippen molar-refractivity contribution in [2.24, 2.45) is 0 Å². The number of carboxylic acids is 1. The predicted octanol–water partition coefficient (Wildman–Crippen LogP) is -3.30. The van der Waals surface area contributed by atoms with E-state index in [1.807, 2.05) is 0 Å². The third kappa shape index (κ3) is 3.27. The summed E-state index contributed by atoms with van der Waals surface area (Å²) in [7, 11) is 1.10. The Balaban J connectivity index is 0.00000242. The molecule has 7 nitrogen and oxygen atoms in total. The van der Waals surface area contributed by atoms with Crippen LogP contribution in [0.1, 0.15) is 26.5 Å². The van der Waals surface area contributed by atoms with Gasteiger partial charge in [-0.25, -0.2) is 9.48 Å². The van der Waals surface area contributed by atoms with E-state index >= 15 is 0 Å². The Labute approximate surface area is 147 Å². The largest absolute Gasteiger partial charge is 1.00 e. The van der Waals surface area contributed by atoms with Gasteiger partial charge >= 0.3 is 35.5 Å². The topological polar surface area (TPSA) is 101 Å². The Morgan fingerprint density at radius 3 is 2.32 bits per heavy atom. The molecule has 0 saturated carbocycles. The van der Waals surface area contributed by atoms with E-state index in [-0.39, 0.29) is 40.8 Å². The van der Waals surface area contributed by atoms with E-state index in [9.17, 15) is 19.5 Å². The van der Waals surface area contributed by atoms with E-state index in [0.717, 1.165) is 7.11 Å². The normalized spacial score (nSPS) is 9.73. The number of carboxylic acid groups (broad SMARTS) is 1. The molecule has 0 radical (unpaired) electrons. The van der Waals surface area contributed by atoms with E-state index in [4.69, 9.17) is 0 Å². The molecular formula is C14H11N2NaO5. The average molecular weight is 310 g/mol. The summed E-state index contributed by atoms with van der Waals surface area (Å²) in [6.45, 7) is 1.48. The molecular weight excluding hydrogens is 299 g/mol. The monoisotopic (exact) mass is 310 g/mol. The Morgan fingerprint density at radius 1 is 1.23 bits per heavy atom. The first-order valence-corrected chi connectivity index (χ1v) is 5.96. The molecule has 2 aromatic rings. The van der Waals surface area contributed by atoms with Gasteiger partial charge in [-0.05, 0) is 19.1 Å². The third-order valence-corrected chi connectivity index (χ3v) is 2.91. The third-order valence-electron chi connectivity index (χ3n) is 2.91. The number of carbonyl (C=O) groups excluding carboxylic acids is 2. The number of carbonyl (C=O) groups is 2. The summed E-state index contributed by atoms with van der Waals surface area (Å²) in [6, 6.07) is 8.51. The van der Waals surface area contributed by atoms with Crippen molar-refractivity contribution in [2.45, 2.75) is 6.92 Å². The summed E-state index contributed by atoms with van der Waals surface area (Å²) in [5, 5.41) is 14.8. The molecule has 0 bridgehead atoms. The minimum absolute atomic E-state index is 0. The molecule has 8 heteroatoms. The van der Waals surface area contributed by atoms with Crippen LogP contribution in [0.15, 0.2) is 35.1 Å².